The van der Waals surface area contributed by atoms with Crippen molar-refractivity contribution in [1.82, 2.24) is 5.32 Å². The van der Waals surface area contributed by atoms with Gasteiger partial charge in [0.05, 0.1) is 0 Å². The number of hydrogen-bond donors (Lipinski definition) is 2. The lowest BCUT2D eigenvalue weighted by Crippen LogP contribution is -2.16. The molecule has 0 radical (unpaired) electrons. The molecule has 16 heavy (non-hydrogen) atoms. The average Bonchev–Trinajstić information content (AvgIpc) is 2.20. The standard InChI is InChI=1S/C11H13BrClNO2/c12-10-6-9(13)4-3-8(10)7-14-5-1-2-11(15)16/h3-4,6,14H,1-2,5,7H2,(H,15,16). The molecule has 3 nitrogen and oxygen atoms in total. The lowest BCUT2D eigenvalue weighted by Gasteiger charge is -2.06. The summed E-state index contributed by atoms with van der Waals surface area (Å²) in [6.45, 7) is 1.40. The third kappa shape index (κ3) is 4.96. The van der Waals surface area contributed by atoms with Crippen molar-refractivity contribution in [2.45, 2.75) is 19.4 Å². The molecule has 5 heteroatoms. The molecule has 0 aromatic heterocycles. The Morgan fingerprint density at radius 1 is 1.50 bits per heavy atom. The Balaban J connectivity index is 2.29. The van der Waals surface area contributed by atoms with E-state index in [-0.39, 0.29) is 6.42 Å². The fourth-order valence-electron chi connectivity index (χ4n) is 1.25. The Morgan fingerprint density at radius 2 is 2.25 bits per heavy atom. The molecule has 0 saturated carbocycles. The molecule has 1 aromatic rings. The monoisotopic (exact) mass is 305 g/mol. The van der Waals surface area contributed by atoms with Crippen molar-refractivity contribution in [2.75, 3.05) is 6.54 Å². The third-order valence-corrected chi connectivity index (χ3v) is 3.05. The first-order valence-corrected chi connectivity index (χ1v) is 6.13. The van der Waals surface area contributed by atoms with Crippen molar-refractivity contribution >= 4 is 33.5 Å². The molecular weight excluding hydrogens is 293 g/mol. The van der Waals surface area contributed by atoms with Gasteiger partial charge in [-0.15, -0.1) is 0 Å². The van der Waals surface area contributed by atoms with Gasteiger partial charge in [0.1, 0.15) is 0 Å². The van der Waals surface area contributed by atoms with Crippen LogP contribution >= 0.6 is 27.5 Å². The summed E-state index contributed by atoms with van der Waals surface area (Å²) >= 11 is 9.24. The van der Waals surface area contributed by atoms with Crippen LogP contribution in [0.4, 0.5) is 0 Å². The number of nitrogens with one attached hydrogen (secondary N) is 1. The van der Waals surface area contributed by atoms with Gasteiger partial charge >= 0.3 is 5.97 Å². The van der Waals surface area contributed by atoms with Crippen LogP contribution in [0.3, 0.4) is 0 Å². The van der Waals surface area contributed by atoms with Gasteiger partial charge < -0.3 is 10.4 Å². The highest BCUT2D eigenvalue weighted by Crippen LogP contribution is 2.21. The van der Waals surface area contributed by atoms with Crippen molar-refractivity contribution in [3.63, 3.8) is 0 Å². The van der Waals surface area contributed by atoms with E-state index in [4.69, 9.17) is 16.7 Å². The van der Waals surface area contributed by atoms with Crippen LogP contribution in [0.1, 0.15) is 18.4 Å². The van der Waals surface area contributed by atoms with E-state index in [2.05, 4.69) is 21.2 Å². The molecule has 0 aliphatic rings. The summed E-state index contributed by atoms with van der Waals surface area (Å²) in [6.07, 6.45) is 0.843. The smallest absolute Gasteiger partial charge is 0.303 e. The summed E-state index contributed by atoms with van der Waals surface area (Å²) < 4.78 is 0.964. The zero-order chi connectivity index (χ0) is 12.0. The average molecular weight is 307 g/mol. The van der Waals surface area contributed by atoms with Gasteiger partial charge in [-0.1, -0.05) is 33.6 Å². The first-order valence-electron chi connectivity index (χ1n) is 4.96. The molecule has 0 aliphatic heterocycles. The molecule has 0 spiro atoms. The minimum atomic E-state index is -0.755. The summed E-state index contributed by atoms with van der Waals surface area (Å²) in [5.41, 5.74) is 1.11. The van der Waals surface area contributed by atoms with Crippen LogP contribution in [0.25, 0.3) is 0 Å². The van der Waals surface area contributed by atoms with Crippen LogP contribution in [0.2, 0.25) is 5.02 Å². The van der Waals surface area contributed by atoms with Crippen molar-refractivity contribution in [3.05, 3.63) is 33.3 Å². The quantitative estimate of drug-likeness (QED) is 0.794. The Hall–Kier alpha value is -0.580. The van der Waals surface area contributed by atoms with Crippen LogP contribution in [0.15, 0.2) is 22.7 Å². The normalized spacial score (nSPS) is 10.4. The molecule has 0 unspecified atom stereocenters. The summed E-state index contributed by atoms with van der Waals surface area (Å²) in [4.78, 5) is 10.3. The largest absolute Gasteiger partial charge is 0.481 e. The zero-order valence-corrected chi connectivity index (χ0v) is 11.0. The van der Waals surface area contributed by atoms with Gasteiger partial charge in [0, 0.05) is 22.5 Å². The molecule has 0 aliphatic carbocycles. The van der Waals surface area contributed by atoms with Crippen LogP contribution < -0.4 is 5.32 Å². The second kappa shape index (κ2) is 6.89. The van der Waals surface area contributed by atoms with Crippen LogP contribution in [-0.4, -0.2) is 17.6 Å². The Bertz CT molecular complexity index is 371. The van der Waals surface area contributed by atoms with Crippen LogP contribution in [0, 0.1) is 0 Å². The Kier molecular flexibility index (Phi) is 5.80. The number of benzene rings is 1. The molecule has 0 heterocycles. The maximum Gasteiger partial charge on any atom is 0.303 e. The van der Waals surface area contributed by atoms with Crippen LogP contribution in [-0.2, 0) is 11.3 Å². The lowest BCUT2D eigenvalue weighted by atomic mass is 10.2. The van der Waals surface area contributed by atoms with E-state index >= 15 is 0 Å². The Labute approximate surface area is 108 Å². The summed E-state index contributed by atoms with van der Waals surface area (Å²) in [6, 6.07) is 5.62. The molecule has 0 fully saturated rings. The zero-order valence-electron chi connectivity index (χ0n) is 8.67. The molecule has 88 valence electrons. The highest BCUT2D eigenvalue weighted by molar-refractivity contribution is 9.10. The second-order valence-electron chi connectivity index (χ2n) is 3.41. The van der Waals surface area contributed by atoms with E-state index in [1.165, 1.54) is 0 Å². The van der Waals surface area contributed by atoms with E-state index in [0.717, 1.165) is 10.0 Å². The molecule has 1 aromatic carbocycles. The number of carboxylic acid groups (broad SMARTS) is 1. The molecule has 2 N–H and O–H groups in total. The number of halogens is 2. The van der Waals surface area contributed by atoms with Crippen LogP contribution in [0.5, 0.6) is 0 Å². The predicted octanol–water partition coefficient (Wildman–Crippen LogP) is 3.06. The van der Waals surface area contributed by atoms with E-state index in [1.807, 2.05) is 18.2 Å². The molecule has 0 saturated heterocycles. The first kappa shape index (κ1) is 13.5. The van der Waals surface area contributed by atoms with Gasteiger partial charge in [-0.2, -0.15) is 0 Å². The van der Waals surface area contributed by atoms with Gasteiger partial charge in [0.15, 0.2) is 0 Å². The molecule has 1 rings (SSSR count). The first-order chi connectivity index (χ1) is 7.59. The maximum atomic E-state index is 10.3. The highest BCUT2D eigenvalue weighted by Gasteiger charge is 2.00. The number of carbonyl (C=O) groups is 1. The van der Waals surface area contributed by atoms with E-state index in [0.29, 0.717) is 24.5 Å². The van der Waals surface area contributed by atoms with Crippen molar-refractivity contribution in [3.8, 4) is 0 Å². The van der Waals surface area contributed by atoms with Gasteiger partial charge in [-0.25, -0.2) is 0 Å². The fourth-order valence-corrected chi connectivity index (χ4v) is 2.08. The molecular formula is C11H13BrClNO2. The Morgan fingerprint density at radius 3 is 2.88 bits per heavy atom. The maximum absolute atomic E-state index is 10.3. The van der Waals surface area contributed by atoms with Gasteiger partial charge in [0.25, 0.3) is 0 Å². The van der Waals surface area contributed by atoms with Gasteiger partial charge in [0.2, 0.25) is 0 Å². The number of hydrogen-bond acceptors (Lipinski definition) is 2. The molecule has 0 atom stereocenters. The van der Waals surface area contributed by atoms with Gasteiger partial charge in [-0.05, 0) is 30.7 Å². The van der Waals surface area contributed by atoms with E-state index < -0.39 is 5.97 Å². The lowest BCUT2D eigenvalue weighted by molar-refractivity contribution is -0.137. The number of aliphatic carboxylic acids is 1. The third-order valence-electron chi connectivity index (χ3n) is 2.07. The SMILES string of the molecule is O=C(O)CCCNCc1ccc(Cl)cc1Br. The number of carboxylic acids is 1. The summed E-state index contributed by atoms with van der Waals surface area (Å²) in [7, 11) is 0. The van der Waals surface area contributed by atoms with E-state index in [1.54, 1.807) is 0 Å². The van der Waals surface area contributed by atoms with Crippen molar-refractivity contribution in [1.29, 1.82) is 0 Å². The summed E-state index contributed by atoms with van der Waals surface area (Å²) in [5, 5.41) is 12.3. The molecule has 0 bridgehead atoms. The molecule has 0 amide bonds. The second-order valence-corrected chi connectivity index (χ2v) is 4.70. The fraction of sp³-hybridized carbons (Fsp3) is 0.364. The minimum absolute atomic E-state index is 0.203. The minimum Gasteiger partial charge on any atom is -0.481 e. The summed E-state index contributed by atoms with van der Waals surface area (Å²) in [5.74, 6) is -0.755. The van der Waals surface area contributed by atoms with Crippen molar-refractivity contribution in [2.24, 2.45) is 0 Å². The highest BCUT2D eigenvalue weighted by atomic mass is 79.9. The number of rotatable bonds is 6. The van der Waals surface area contributed by atoms with E-state index in [9.17, 15) is 4.79 Å². The predicted molar refractivity (Wildman–Crippen MR) is 67.7 cm³/mol. The topological polar surface area (TPSA) is 49.3 Å². The van der Waals surface area contributed by atoms with Crippen molar-refractivity contribution < 1.29 is 9.90 Å². The van der Waals surface area contributed by atoms with Gasteiger partial charge in [-0.3, -0.25) is 4.79 Å².